The molecule has 1 aromatic carbocycles. The van der Waals surface area contributed by atoms with Crippen LogP contribution >= 0.6 is 0 Å². The van der Waals surface area contributed by atoms with Gasteiger partial charge in [-0.2, -0.15) is 0 Å². The van der Waals surface area contributed by atoms with Gasteiger partial charge in [-0.25, -0.2) is 4.98 Å². The molecule has 1 aliphatic heterocycles. The fourth-order valence-corrected chi connectivity index (χ4v) is 3.20. The number of amides is 2. The Balaban J connectivity index is 1.84. The van der Waals surface area contributed by atoms with Crippen molar-refractivity contribution in [3.05, 3.63) is 39.9 Å². The first kappa shape index (κ1) is 18.1. The molecule has 3 rings (SSSR count). The van der Waals surface area contributed by atoms with Gasteiger partial charge in [0, 0.05) is 24.6 Å². The molecule has 0 atom stereocenters. The van der Waals surface area contributed by atoms with Crippen molar-refractivity contribution >= 4 is 22.7 Å². The standard InChI is InChI=1S/C19H24N4O3/c1-12(2)21-17(24)11-20-18(25)13-7-8-14-15(10-13)22-16-6-4-3-5-9-23(16)19(14)26/h7-8,10,12H,3-6,9,11H2,1-2H3,(H,20,25)(H,21,24). The Bertz CT molecular complexity index is 902. The zero-order valence-corrected chi connectivity index (χ0v) is 15.2. The molecule has 0 fully saturated rings. The molecule has 2 heterocycles. The van der Waals surface area contributed by atoms with E-state index < -0.39 is 0 Å². The van der Waals surface area contributed by atoms with E-state index in [9.17, 15) is 14.4 Å². The zero-order valence-electron chi connectivity index (χ0n) is 15.2. The largest absolute Gasteiger partial charge is 0.352 e. The van der Waals surface area contributed by atoms with Crippen LogP contribution in [0.1, 0.15) is 49.3 Å². The van der Waals surface area contributed by atoms with Crippen molar-refractivity contribution in [3.63, 3.8) is 0 Å². The highest BCUT2D eigenvalue weighted by Gasteiger charge is 2.15. The number of rotatable bonds is 4. The van der Waals surface area contributed by atoms with Gasteiger partial charge in [-0.1, -0.05) is 6.42 Å². The smallest absolute Gasteiger partial charge is 0.261 e. The van der Waals surface area contributed by atoms with Gasteiger partial charge in [-0.05, 0) is 44.9 Å². The van der Waals surface area contributed by atoms with Gasteiger partial charge in [0.05, 0.1) is 17.4 Å². The molecule has 0 radical (unpaired) electrons. The molecule has 2 N–H and O–H groups in total. The van der Waals surface area contributed by atoms with Gasteiger partial charge < -0.3 is 10.6 Å². The Labute approximate surface area is 151 Å². The lowest BCUT2D eigenvalue weighted by Gasteiger charge is -2.11. The number of benzene rings is 1. The first-order valence-corrected chi connectivity index (χ1v) is 9.07. The van der Waals surface area contributed by atoms with Gasteiger partial charge in [-0.15, -0.1) is 0 Å². The molecular weight excluding hydrogens is 332 g/mol. The Morgan fingerprint density at radius 2 is 2.04 bits per heavy atom. The summed E-state index contributed by atoms with van der Waals surface area (Å²) in [5, 5.41) is 5.83. The molecule has 0 spiro atoms. The van der Waals surface area contributed by atoms with Gasteiger partial charge >= 0.3 is 0 Å². The molecule has 2 amide bonds. The van der Waals surface area contributed by atoms with E-state index in [4.69, 9.17) is 0 Å². The van der Waals surface area contributed by atoms with Crippen LogP contribution in [0.5, 0.6) is 0 Å². The van der Waals surface area contributed by atoms with Gasteiger partial charge in [0.15, 0.2) is 0 Å². The summed E-state index contributed by atoms with van der Waals surface area (Å²) < 4.78 is 1.76. The van der Waals surface area contributed by atoms with Gasteiger partial charge in [-0.3, -0.25) is 19.0 Å². The highest BCUT2D eigenvalue weighted by atomic mass is 16.2. The molecule has 2 aromatic rings. The minimum absolute atomic E-state index is 0.0208. The lowest BCUT2D eigenvalue weighted by molar-refractivity contribution is -0.120. The molecule has 1 aromatic heterocycles. The maximum atomic E-state index is 12.7. The number of carbonyl (C=O) groups is 2. The maximum Gasteiger partial charge on any atom is 0.261 e. The molecular formula is C19H24N4O3. The van der Waals surface area contributed by atoms with Crippen LogP contribution in [0.3, 0.4) is 0 Å². The molecule has 7 heteroatoms. The Kier molecular flexibility index (Phi) is 5.35. The summed E-state index contributed by atoms with van der Waals surface area (Å²) in [7, 11) is 0. The van der Waals surface area contributed by atoms with Crippen LogP contribution in [0.25, 0.3) is 10.9 Å². The highest BCUT2D eigenvalue weighted by molar-refractivity contribution is 5.99. The topological polar surface area (TPSA) is 93.1 Å². The minimum atomic E-state index is -0.359. The SMILES string of the molecule is CC(C)NC(=O)CNC(=O)c1ccc2c(=O)n3c(nc2c1)CCCCC3. The van der Waals surface area contributed by atoms with Crippen molar-refractivity contribution in [3.8, 4) is 0 Å². The second-order valence-electron chi connectivity index (χ2n) is 6.93. The van der Waals surface area contributed by atoms with Crippen molar-refractivity contribution in [2.45, 2.75) is 52.1 Å². The van der Waals surface area contributed by atoms with Crippen LogP contribution in [0.15, 0.2) is 23.0 Å². The molecule has 0 saturated heterocycles. The Morgan fingerprint density at radius 1 is 1.23 bits per heavy atom. The third-order valence-electron chi connectivity index (χ3n) is 4.44. The number of fused-ring (bicyclic) bond motifs is 2. The third-order valence-corrected chi connectivity index (χ3v) is 4.44. The average Bonchev–Trinajstić information content (AvgIpc) is 2.84. The summed E-state index contributed by atoms with van der Waals surface area (Å²) in [6, 6.07) is 4.89. The fourth-order valence-electron chi connectivity index (χ4n) is 3.20. The Hall–Kier alpha value is -2.70. The number of hydrogen-bond donors (Lipinski definition) is 2. The van der Waals surface area contributed by atoms with E-state index in [1.54, 1.807) is 22.8 Å². The normalized spacial score (nSPS) is 14.0. The first-order chi connectivity index (χ1) is 12.5. The van der Waals surface area contributed by atoms with E-state index in [-0.39, 0.29) is 30.0 Å². The van der Waals surface area contributed by atoms with Crippen molar-refractivity contribution in [2.75, 3.05) is 6.54 Å². The predicted octanol–water partition coefficient (Wildman–Crippen LogP) is 1.38. The van der Waals surface area contributed by atoms with E-state index in [0.717, 1.165) is 31.5 Å². The highest BCUT2D eigenvalue weighted by Crippen LogP contribution is 2.16. The first-order valence-electron chi connectivity index (χ1n) is 9.07. The van der Waals surface area contributed by atoms with E-state index in [2.05, 4.69) is 15.6 Å². The van der Waals surface area contributed by atoms with Crippen LogP contribution < -0.4 is 16.2 Å². The molecule has 0 bridgehead atoms. The molecule has 138 valence electrons. The van der Waals surface area contributed by atoms with Crippen LogP contribution in [0, 0.1) is 0 Å². The van der Waals surface area contributed by atoms with Gasteiger partial charge in [0.25, 0.3) is 11.5 Å². The monoisotopic (exact) mass is 356 g/mol. The summed E-state index contributed by atoms with van der Waals surface area (Å²) in [6.45, 7) is 4.33. The van der Waals surface area contributed by atoms with Crippen LogP contribution in [-0.2, 0) is 17.8 Å². The second-order valence-corrected chi connectivity index (χ2v) is 6.93. The van der Waals surface area contributed by atoms with Gasteiger partial charge in [0.2, 0.25) is 5.91 Å². The molecule has 1 aliphatic rings. The summed E-state index contributed by atoms with van der Waals surface area (Å²) in [5.41, 5.74) is 0.873. The number of hydrogen-bond acceptors (Lipinski definition) is 4. The zero-order chi connectivity index (χ0) is 18.7. The van der Waals surface area contributed by atoms with Crippen molar-refractivity contribution in [1.82, 2.24) is 20.2 Å². The molecule has 26 heavy (non-hydrogen) atoms. The van der Waals surface area contributed by atoms with Crippen molar-refractivity contribution in [1.29, 1.82) is 0 Å². The van der Waals surface area contributed by atoms with Crippen molar-refractivity contribution < 1.29 is 9.59 Å². The third kappa shape index (κ3) is 3.92. The number of aromatic nitrogens is 2. The summed E-state index contributed by atoms with van der Waals surface area (Å²) >= 11 is 0. The van der Waals surface area contributed by atoms with E-state index >= 15 is 0 Å². The fraction of sp³-hybridized carbons (Fsp3) is 0.474. The van der Waals surface area contributed by atoms with Crippen LogP contribution in [-0.4, -0.2) is 34.0 Å². The molecule has 7 nitrogen and oxygen atoms in total. The van der Waals surface area contributed by atoms with Crippen LogP contribution in [0.4, 0.5) is 0 Å². The van der Waals surface area contributed by atoms with E-state index in [1.165, 1.54) is 0 Å². The predicted molar refractivity (Wildman–Crippen MR) is 99.2 cm³/mol. The maximum absolute atomic E-state index is 12.7. The quantitative estimate of drug-likeness (QED) is 0.865. The summed E-state index contributed by atoms with van der Waals surface area (Å²) in [4.78, 5) is 41.3. The number of nitrogens with zero attached hydrogens (tertiary/aromatic N) is 2. The minimum Gasteiger partial charge on any atom is -0.352 e. The number of carbonyl (C=O) groups excluding carboxylic acids is 2. The summed E-state index contributed by atoms with van der Waals surface area (Å²) in [5.74, 6) is 0.187. The van der Waals surface area contributed by atoms with Crippen LogP contribution in [0.2, 0.25) is 0 Å². The molecule has 0 aliphatic carbocycles. The molecule has 0 unspecified atom stereocenters. The van der Waals surface area contributed by atoms with Crippen molar-refractivity contribution in [2.24, 2.45) is 0 Å². The van der Waals surface area contributed by atoms with Gasteiger partial charge in [0.1, 0.15) is 5.82 Å². The summed E-state index contributed by atoms with van der Waals surface area (Å²) in [6.07, 6.45) is 3.87. The lowest BCUT2D eigenvalue weighted by Crippen LogP contribution is -2.39. The average molecular weight is 356 g/mol. The van der Waals surface area contributed by atoms with E-state index in [1.807, 2.05) is 13.8 Å². The molecule has 0 saturated carbocycles. The number of nitrogens with one attached hydrogen (secondary N) is 2. The Morgan fingerprint density at radius 3 is 2.81 bits per heavy atom. The lowest BCUT2D eigenvalue weighted by atomic mass is 10.1. The van der Waals surface area contributed by atoms with E-state index in [0.29, 0.717) is 23.0 Å². The second kappa shape index (κ2) is 7.68. The number of aryl methyl sites for hydroxylation is 1.